The first-order chi connectivity index (χ1) is 9.59. The second-order valence-electron chi connectivity index (χ2n) is 4.94. The molecule has 1 saturated heterocycles. The Morgan fingerprint density at radius 1 is 1.25 bits per heavy atom. The molecule has 1 fully saturated rings. The summed E-state index contributed by atoms with van der Waals surface area (Å²) in [6.45, 7) is 1.34. The Bertz CT molecular complexity index is 510. The molecule has 0 atom stereocenters. The van der Waals surface area contributed by atoms with Crippen molar-refractivity contribution in [1.29, 1.82) is 0 Å². The third kappa shape index (κ3) is 3.23. The Hall–Kier alpha value is -2.18. The molecule has 0 bridgehead atoms. The van der Waals surface area contributed by atoms with E-state index in [1.807, 2.05) is 0 Å². The van der Waals surface area contributed by atoms with Crippen LogP contribution >= 0.6 is 0 Å². The Morgan fingerprint density at radius 2 is 1.85 bits per heavy atom. The molecule has 0 unspecified atom stereocenters. The number of aromatic nitrogens is 1. The van der Waals surface area contributed by atoms with Crippen LogP contribution in [0.3, 0.4) is 0 Å². The quantitative estimate of drug-likeness (QED) is 0.658. The first kappa shape index (κ1) is 14.2. The van der Waals surface area contributed by atoms with Gasteiger partial charge in [-0.1, -0.05) is 19.3 Å². The maximum atomic E-state index is 12.4. The number of hydrogen-bond donors (Lipinski definition) is 1. The summed E-state index contributed by atoms with van der Waals surface area (Å²) in [5, 5.41) is 10.8. The molecule has 1 amide bonds. The number of rotatable bonds is 2. The molecule has 0 aliphatic carbocycles. The SMILES string of the molecule is Nc1ncc([N+](=O)[O-])cc1C(=O)N1CCCCCCC1. The average Bonchev–Trinajstić information content (AvgIpc) is 2.38. The van der Waals surface area contributed by atoms with E-state index in [4.69, 9.17) is 5.73 Å². The first-order valence-corrected chi connectivity index (χ1v) is 6.79. The van der Waals surface area contributed by atoms with E-state index >= 15 is 0 Å². The third-order valence-corrected chi connectivity index (χ3v) is 3.49. The lowest BCUT2D eigenvalue weighted by Gasteiger charge is -2.25. The fourth-order valence-corrected chi connectivity index (χ4v) is 2.36. The van der Waals surface area contributed by atoms with Crippen molar-refractivity contribution >= 4 is 17.4 Å². The number of nitrogen functional groups attached to an aromatic ring is 1. The highest BCUT2D eigenvalue weighted by Gasteiger charge is 2.22. The van der Waals surface area contributed by atoms with Gasteiger partial charge in [-0.25, -0.2) is 4.98 Å². The van der Waals surface area contributed by atoms with Crippen LogP contribution in [-0.4, -0.2) is 33.8 Å². The van der Waals surface area contributed by atoms with Crippen molar-refractivity contribution in [3.63, 3.8) is 0 Å². The minimum Gasteiger partial charge on any atom is -0.383 e. The summed E-state index contributed by atoms with van der Waals surface area (Å²) >= 11 is 0. The number of carbonyl (C=O) groups is 1. The van der Waals surface area contributed by atoms with E-state index in [2.05, 4.69) is 4.98 Å². The van der Waals surface area contributed by atoms with Crippen LogP contribution in [0.4, 0.5) is 11.5 Å². The van der Waals surface area contributed by atoms with Crippen LogP contribution in [0.2, 0.25) is 0 Å². The molecule has 0 spiro atoms. The molecule has 108 valence electrons. The Kier molecular flexibility index (Phi) is 4.49. The second kappa shape index (κ2) is 6.31. The maximum absolute atomic E-state index is 12.4. The van der Waals surface area contributed by atoms with Crippen LogP contribution in [0.5, 0.6) is 0 Å². The number of likely N-dealkylation sites (tertiary alicyclic amines) is 1. The third-order valence-electron chi connectivity index (χ3n) is 3.49. The number of amides is 1. The molecule has 1 aromatic rings. The van der Waals surface area contributed by atoms with Crippen molar-refractivity contribution in [2.75, 3.05) is 18.8 Å². The number of nitro groups is 1. The van der Waals surface area contributed by atoms with Gasteiger partial charge in [-0.3, -0.25) is 14.9 Å². The van der Waals surface area contributed by atoms with Crippen molar-refractivity contribution in [3.05, 3.63) is 27.9 Å². The Labute approximate surface area is 116 Å². The standard InChI is InChI=1S/C13H18N4O3/c14-12-11(8-10(9-15-12)17(19)20)13(18)16-6-4-2-1-3-5-7-16/h8-9H,1-7H2,(H2,14,15). The lowest BCUT2D eigenvalue weighted by Crippen LogP contribution is -2.34. The predicted molar refractivity (Wildman–Crippen MR) is 74.3 cm³/mol. The molecule has 0 radical (unpaired) electrons. The van der Waals surface area contributed by atoms with Gasteiger partial charge in [-0.15, -0.1) is 0 Å². The topological polar surface area (TPSA) is 102 Å². The number of nitrogens with zero attached hydrogens (tertiary/aromatic N) is 3. The van der Waals surface area contributed by atoms with Gasteiger partial charge in [0.05, 0.1) is 10.5 Å². The van der Waals surface area contributed by atoms with E-state index in [1.54, 1.807) is 4.90 Å². The predicted octanol–water partition coefficient (Wildman–Crippen LogP) is 1.98. The van der Waals surface area contributed by atoms with Crippen molar-refractivity contribution in [3.8, 4) is 0 Å². The van der Waals surface area contributed by atoms with Gasteiger partial charge >= 0.3 is 0 Å². The summed E-state index contributed by atoms with van der Waals surface area (Å²) in [5.74, 6) is -0.219. The zero-order chi connectivity index (χ0) is 14.5. The molecule has 7 heteroatoms. The minimum absolute atomic E-state index is 0.0441. The van der Waals surface area contributed by atoms with Gasteiger partial charge < -0.3 is 10.6 Å². The lowest BCUT2D eigenvalue weighted by molar-refractivity contribution is -0.385. The van der Waals surface area contributed by atoms with Crippen molar-refractivity contribution in [1.82, 2.24) is 9.88 Å². The Morgan fingerprint density at radius 3 is 2.45 bits per heavy atom. The molecule has 2 rings (SSSR count). The number of hydrogen-bond acceptors (Lipinski definition) is 5. The summed E-state index contributed by atoms with van der Waals surface area (Å²) in [6, 6.07) is 1.21. The van der Waals surface area contributed by atoms with Crippen LogP contribution in [0.15, 0.2) is 12.3 Å². The molecule has 2 N–H and O–H groups in total. The molecular formula is C13H18N4O3. The van der Waals surface area contributed by atoms with Gasteiger partial charge in [0.2, 0.25) is 0 Å². The largest absolute Gasteiger partial charge is 0.383 e. The molecule has 0 saturated carbocycles. The lowest BCUT2D eigenvalue weighted by atomic mass is 10.1. The van der Waals surface area contributed by atoms with E-state index in [0.717, 1.165) is 31.9 Å². The average molecular weight is 278 g/mol. The highest BCUT2D eigenvalue weighted by Crippen LogP contribution is 2.20. The number of nitrogens with two attached hydrogens (primary N) is 1. The number of carbonyl (C=O) groups excluding carboxylic acids is 1. The highest BCUT2D eigenvalue weighted by molar-refractivity contribution is 5.98. The van der Waals surface area contributed by atoms with Gasteiger partial charge in [0.25, 0.3) is 11.6 Å². The number of pyridine rings is 1. The fourth-order valence-electron chi connectivity index (χ4n) is 2.36. The molecule has 1 aromatic heterocycles. The van der Waals surface area contributed by atoms with Gasteiger partial charge in [-0.2, -0.15) is 0 Å². The maximum Gasteiger partial charge on any atom is 0.288 e. The van der Waals surface area contributed by atoms with Crippen LogP contribution in [-0.2, 0) is 0 Å². The smallest absolute Gasteiger partial charge is 0.288 e. The summed E-state index contributed by atoms with van der Waals surface area (Å²) < 4.78 is 0. The number of anilines is 1. The summed E-state index contributed by atoms with van der Waals surface area (Å²) in [6.07, 6.45) is 6.38. The van der Waals surface area contributed by atoms with Crippen LogP contribution in [0.1, 0.15) is 42.5 Å². The molecule has 2 heterocycles. The zero-order valence-electron chi connectivity index (χ0n) is 11.2. The van der Waals surface area contributed by atoms with Crippen molar-refractivity contribution in [2.45, 2.75) is 32.1 Å². The van der Waals surface area contributed by atoms with Crippen LogP contribution in [0.25, 0.3) is 0 Å². The summed E-state index contributed by atoms with van der Waals surface area (Å²) in [5.41, 5.74) is 5.60. The normalized spacial score (nSPS) is 16.3. The van der Waals surface area contributed by atoms with E-state index < -0.39 is 4.92 Å². The fraction of sp³-hybridized carbons (Fsp3) is 0.538. The van der Waals surface area contributed by atoms with E-state index in [9.17, 15) is 14.9 Å². The minimum atomic E-state index is -0.573. The van der Waals surface area contributed by atoms with Crippen molar-refractivity contribution < 1.29 is 9.72 Å². The van der Waals surface area contributed by atoms with E-state index in [-0.39, 0.29) is 23.0 Å². The van der Waals surface area contributed by atoms with Crippen LogP contribution in [0, 0.1) is 10.1 Å². The summed E-state index contributed by atoms with van der Waals surface area (Å²) in [4.78, 5) is 28.1. The van der Waals surface area contributed by atoms with Crippen molar-refractivity contribution in [2.24, 2.45) is 0 Å². The molecule has 20 heavy (non-hydrogen) atoms. The van der Waals surface area contributed by atoms with E-state index in [1.165, 1.54) is 12.5 Å². The van der Waals surface area contributed by atoms with E-state index in [0.29, 0.717) is 13.1 Å². The molecule has 0 aromatic carbocycles. The van der Waals surface area contributed by atoms with Gasteiger partial charge in [-0.05, 0) is 12.8 Å². The van der Waals surface area contributed by atoms with Gasteiger partial charge in [0, 0.05) is 19.2 Å². The van der Waals surface area contributed by atoms with Gasteiger partial charge in [0.15, 0.2) is 0 Å². The monoisotopic (exact) mass is 278 g/mol. The molecule has 1 aliphatic rings. The van der Waals surface area contributed by atoms with Gasteiger partial charge in [0.1, 0.15) is 12.0 Å². The molecular weight excluding hydrogens is 260 g/mol. The second-order valence-corrected chi connectivity index (χ2v) is 4.94. The highest BCUT2D eigenvalue weighted by atomic mass is 16.6. The summed E-state index contributed by atoms with van der Waals surface area (Å²) in [7, 11) is 0. The van der Waals surface area contributed by atoms with Crippen LogP contribution < -0.4 is 5.73 Å². The molecule has 7 nitrogen and oxygen atoms in total. The molecule has 1 aliphatic heterocycles. The Balaban J connectivity index is 2.22. The first-order valence-electron chi connectivity index (χ1n) is 6.79. The zero-order valence-corrected chi connectivity index (χ0v) is 11.2.